The predicted octanol–water partition coefficient (Wildman–Crippen LogP) is 0.642. The van der Waals surface area contributed by atoms with Crippen LogP contribution in [-0.4, -0.2) is 34.5 Å². The molecule has 0 aliphatic rings. The van der Waals surface area contributed by atoms with Crippen LogP contribution >= 0.6 is 0 Å². The van der Waals surface area contributed by atoms with Crippen molar-refractivity contribution in [1.29, 1.82) is 0 Å². The Balaban J connectivity index is 2.02. The maximum Gasteiger partial charge on any atom is 0.344 e. The second-order valence-electron chi connectivity index (χ2n) is 5.81. The molecular weight excluding hydrogens is 354 g/mol. The highest BCUT2D eigenvalue weighted by Gasteiger charge is 2.20. The van der Waals surface area contributed by atoms with E-state index in [0.29, 0.717) is 12.2 Å². The van der Waals surface area contributed by atoms with Crippen molar-refractivity contribution < 1.29 is 19.1 Å². The number of hydrogen-bond donors (Lipinski definition) is 2. The largest absolute Gasteiger partial charge is 0.482 e. The highest BCUT2D eigenvalue weighted by molar-refractivity contribution is 6.01. The number of carbonyl (C=O) groups is 2. The molecule has 0 aliphatic heterocycles. The van der Waals surface area contributed by atoms with E-state index in [1.165, 1.54) is 0 Å². The molecule has 9 nitrogen and oxygen atoms in total. The zero-order valence-electron chi connectivity index (χ0n) is 15.1. The summed E-state index contributed by atoms with van der Waals surface area (Å²) in [4.78, 5) is 49.7. The minimum atomic E-state index is -0.915. The van der Waals surface area contributed by atoms with Crippen LogP contribution < -0.4 is 21.7 Å². The summed E-state index contributed by atoms with van der Waals surface area (Å²) < 4.78 is 11.3. The number of H-pyrrole nitrogens is 1. The van der Waals surface area contributed by atoms with Gasteiger partial charge in [0.1, 0.15) is 17.1 Å². The highest BCUT2D eigenvalue weighted by Crippen LogP contribution is 2.16. The van der Waals surface area contributed by atoms with Crippen molar-refractivity contribution in [1.82, 2.24) is 9.55 Å². The molecule has 3 N–H and O–H groups in total. The molecule has 1 aromatic heterocycles. The summed E-state index contributed by atoms with van der Waals surface area (Å²) in [5.41, 5.74) is 4.62. The molecule has 27 heavy (non-hydrogen) atoms. The van der Waals surface area contributed by atoms with Crippen molar-refractivity contribution in [3.8, 4) is 5.75 Å². The smallest absolute Gasteiger partial charge is 0.344 e. The number of rotatable bonds is 8. The van der Waals surface area contributed by atoms with E-state index in [0.717, 1.165) is 10.1 Å². The molecule has 0 radical (unpaired) electrons. The van der Waals surface area contributed by atoms with Gasteiger partial charge in [0, 0.05) is 6.54 Å². The number of ether oxygens (including phenoxy) is 2. The molecule has 0 saturated carbocycles. The Bertz CT molecular complexity index is 960. The van der Waals surface area contributed by atoms with Gasteiger partial charge in [0.15, 0.2) is 13.2 Å². The summed E-state index contributed by atoms with van der Waals surface area (Å²) in [7, 11) is 0. The molecule has 0 spiro atoms. The summed E-state index contributed by atoms with van der Waals surface area (Å²) in [6.07, 6.45) is 0.578. The third-order valence-electron chi connectivity index (χ3n) is 3.77. The maximum atomic E-state index is 12.3. The van der Waals surface area contributed by atoms with Crippen LogP contribution in [0.15, 0.2) is 33.9 Å². The number of aryl methyl sites for hydroxylation is 1. The first-order valence-corrected chi connectivity index (χ1v) is 8.35. The lowest BCUT2D eigenvalue weighted by Gasteiger charge is -2.11. The molecule has 0 saturated heterocycles. The molecule has 2 rings (SSSR count). The number of benzene rings is 1. The summed E-state index contributed by atoms with van der Waals surface area (Å²) in [6, 6.07) is 7.12. The summed E-state index contributed by atoms with van der Waals surface area (Å²) >= 11 is 0. The van der Waals surface area contributed by atoms with E-state index in [-0.39, 0.29) is 19.0 Å². The molecule has 0 bridgehead atoms. The molecule has 0 fully saturated rings. The molecule has 0 aliphatic carbocycles. The number of nitrogens with two attached hydrogens (primary N) is 1. The second-order valence-corrected chi connectivity index (χ2v) is 5.81. The van der Waals surface area contributed by atoms with E-state index in [1.807, 2.05) is 31.0 Å². The van der Waals surface area contributed by atoms with Gasteiger partial charge in [-0.25, -0.2) is 9.59 Å². The lowest BCUT2D eigenvalue weighted by molar-refractivity contribution is -0.144. The number of nitrogen functional groups attached to an aromatic ring is 1. The number of nitrogens with zero attached hydrogens (tertiary/aromatic N) is 1. The third kappa shape index (κ3) is 4.84. The Hall–Kier alpha value is -3.36. The molecule has 144 valence electrons. The van der Waals surface area contributed by atoms with Crippen molar-refractivity contribution >= 4 is 17.6 Å². The van der Waals surface area contributed by atoms with Gasteiger partial charge in [-0.1, -0.05) is 25.1 Å². The van der Waals surface area contributed by atoms with E-state index in [4.69, 9.17) is 15.2 Å². The van der Waals surface area contributed by atoms with Gasteiger partial charge in [-0.3, -0.25) is 19.1 Å². The summed E-state index contributed by atoms with van der Waals surface area (Å²) in [6.45, 7) is 2.80. The summed E-state index contributed by atoms with van der Waals surface area (Å²) in [5, 5.41) is 0. The monoisotopic (exact) mass is 375 g/mol. The van der Waals surface area contributed by atoms with Gasteiger partial charge in [0.25, 0.3) is 5.56 Å². The number of carbonyl (C=O) groups excluding carboxylic acids is 2. The zero-order valence-corrected chi connectivity index (χ0v) is 15.1. The lowest BCUT2D eigenvalue weighted by Crippen LogP contribution is -2.37. The molecule has 0 unspecified atom stereocenters. The van der Waals surface area contributed by atoms with E-state index < -0.39 is 35.2 Å². The second kappa shape index (κ2) is 8.84. The number of esters is 1. The van der Waals surface area contributed by atoms with Crippen LogP contribution in [0, 0.1) is 6.92 Å². The fourth-order valence-electron chi connectivity index (χ4n) is 2.42. The van der Waals surface area contributed by atoms with E-state index >= 15 is 0 Å². The van der Waals surface area contributed by atoms with Gasteiger partial charge < -0.3 is 15.2 Å². The topological polar surface area (TPSA) is 133 Å². The zero-order chi connectivity index (χ0) is 20.0. The maximum absolute atomic E-state index is 12.3. The molecular formula is C18H21N3O6. The van der Waals surface area contributed by atoms with Crippen LogP contribution in [0.1, 0.15) is 29.3 Å². The Morgan fingerprint density at radius 1 is 1.19 bits per heavy atom. The number of hydrogen-bond acceptors (Lipinski definition) is 7. The van der Waals surface area contributed by atoms with Gasteiger partial charge in [0.2, 0.25) is 5.78 Å². The minimum absolute atomic E-state index is 0.242. The Morgan fingerprint density at radius 2 is 1.89 bits per heavy atom. The molecule has 1 aromatic carbocycles. The van der Waals surface area contributed by atoms with E-state index in [9.17, 15) is 19.2 Å². The van der Waals surface area contributed by atoms with Gasteiger partial charge >= 0.3 is 11.7 Å². The van der Waals surface area contributed by atoms with Crippen LogP contribution in [0.3, 0.4) is 0 Å². The normalized spacial score (nSPS) is 10.4. The first-order chi connectivity index (χ1) is 12.8. The third-order valence-corrected chi connectivity index (χ3v) is 3.77. The molecule has 1 heterocycles. The Morgan fingerprint density at radius 3 is 2.56 bits per heavy atom. The molecule has 2 aromatic rings. The number of Topliss-reactive ketones (excluding diaryl/α,β-unsaturated/α-hetero) is 1. The number of anilines is 1. The SMILES string of the molecule is CCCn1c(N)c(C(=O)COC(=O)COc2ccccc2C)c(=O)[nH]c1=O. The lowest BCUT2D eigenvalue weighted by atomic mass is 10.2. The number of nitrogens with one attached hydrogen (secondary N) is 1. The Labute approximate surface area is 154 Å². The average molecular weight is 375 g/mol. The van der Waals surface area contributed by atoms with Gasteiger partial charge in [0.05, 0.1) is 0 Å². The van der Waals surface area contributed by atoms with Crippen molar-refractivity contribution in [3.63, 3.8) is 0 Å². The molecule has 0 amide bonds. The van der Waals surface area contributed by atoms with Crippen LogP contribution in [0.5, 0.6) is 5.75 Å². The van der Waals surface area contributed by atoms with Crippen molar-refractivity contribution in [3.05, 3.63) is 56.2 Å². The number of aromatic amines is 1. The van der Waals surface area contributed by atoms with Crippen LogP contribution in [0.4, 0.5) is 5.82 Å². The summed E-state index contributed by atoms with van der Waals surface area (Å²) in [5.74, 6) is -1.30. The van der Waals surface area contributed by atoms with Gasteiger partial charge in [-0.2, -0.15) is 0 Å². The number of ketones is 1. The average Bonchev–Trinajstić information content (AvgIpc) is 2.62. The molecule has 9 heteroatoms. The standard InChI is InChI=1S/C18H21N3O6/c1-3-8-21-16(19)15(17(24)20-18(21)25)12(22)9-27-14(23)10-26-13-7-5-4-6-11(13)2/h4-7H,3,8-10,19H2,1-2H3,(H,20,24,25). The predicted molar refractivity (Wildman–Crippen MR) is 98.0 cm³/mol. The highest BCUT2D eigenvalue weighted by atomic mass is 16.6. The fraction of sp³-hybridized carbons (Fsp3) is 0.333. The van der Waals surface area contributed by atoms with Crippen LogP contribution in [0.2, 0.25) is 0 Å². The molecule has 0 atom stereocenters. The number of aromatic nitrogens is 2. The van der Waals surface area contributed by atoms with E-state index in [2.05, 4.69) is 0 Å². The van der Waals surface area contributed by atoms with Crippen molar-refractivity contribution in [2.75, 3.05) is 18.9 Å². The minimum Gasteiger partial charge on any atom is -0.482 e. The quantitative estimate of drug-likeness (QED) is 0.511. The Kier molecular flexibility index (Phi) is 6.53. The van der Waals surface area contributed by atoms with E-state index in [1.54, 1.807) is 12.1 Å². The van der Waals surface area contributed by atoms with Gasteiger partial charge in [-0.15, -0.1) is 0 Å². The van der Waals surface area contributed by atoms with Gasteiger partial charge in [-0.05, 0) is 25.0 Å². The fourth-order valence-corrected chi connectivity index (χ4v) is 2.42. The van der Waals surface area contributed by atoms with Crippen molar-refractivity contribution in [2.24, 2.45) is 0 Å². The van der Waals surface area contributed by atoms with Crippen molar-refractivity contribution in [2.45, 2.75) is 26.8 Å². The van der Waals surface area contributed by atoms with Crippen LogP contribution in [-0.2, 0) is 16.1 Å². The first kappa shape index (κ1) is 20.0. The first-order valence-electron chi connectivity index (χ1n) is 8.35. The van der Waals surface area contributed by atoms with Crippen LogP contribution in [0.25, 0.3) is 0 Å². The number of para-hydroxylation sites is 1.